The van der Waals surface area contributed by atoms with E-state index in [-0.39, 0.29) is 29.9 Å². The van der Waals surface area contributed by atoms with Crippen LogP contribution in [-0.2, 0) is 4.79 Å². The first-order valence-corrected chi connectivity index (χ1v) is 10.2. The Morgan fingerprint density at radius 2 is 2.14 bits per heavy atom. The quantitative estimate of drug-likeness (QED) is 0.492. The van der Waals surface area contributed by atoms with Crippen LogP contribution in [0.25, 0.3) is 0 Å². The molecule has 0 saturated carbocycles. The molecule has 0 radical (unpaired) electrons. The van der Waals surface area contributed by atoms with Crippen molar-refractivity contribution in [2.24, 2.45) is 0 Å². The number of carbonyl (C=O) groups excluding carboxylic acids is 1. The van der Waals surface area contributed by atoms with E-state index in [0.717, 1.165) is 12.1 Å². The fourth-order valence-corrected chi connectivity index (χ4v) is 4.67. The Labute approximate surface area is 166 Å². The van der Waals surface area contributed by atoms with Gasteiger partial charge in [-0.25, -0.2) is 22.9 Å². The van der Waals surface area contributed by atoms with Gasteiger partial charge in [0.2, 0.25) is 5.91 Å². The van der Waals surface area contributed by atoms with Crippen molar-refractivity contribution in [1.82, 2.24) is 9.88 Å². The van der Waals surface area contributed by atoms with Gasteiger partial charge in [0, 0.05) is 36.7 Å². The van der Waals surface area contributed by atoms with Crippen LogP contribution >= 0.6 is 23.1 Å². The first-order chi connectivity index (χ1) is 13.4. The maximum atomic E-state index is 13.8. The van der Waals surface area contributed by atoms with Crippen molar-refractivity contribution in [3.05, 3.63) is 40.7 Å². The average molecular weight is 431 g/mol. The second kappa shape index (κ2) is 8.82. The lowest BCUT2D eigenvalue weighted by molar-refractivity contribution is -0.128. The minimum absolute atomic E-state index is 0.0135. The summed E-state index contributed by atoms with van der Waals surface area (Å²) in [5, 5.41) is 13.1. The van der Waals surface area contributed by atoms with E-state index in [1.54, 1.807) is 4.90 Å². The highest BCUT2D eigenvalue weighted by atomic mass is 32.2. The van der Waals surface area contributed by atoms with E-state index in [0.29, 0.717) is 29.5 Å². The topological polar surface area (TPSA) is 82.5 Å². The fraction of sp³-hybridized carbons (Fsp3) is 0.353. The standard InChI is InChI=1S/C17H16F3N3O3S2/c18-10-2-3-11(15(20)14(10)19)21-7-9-1-4-13(24)23(9)5-6-27-17-22-12(8-28-17)16(25)26/h2-3,8-9,21H,1,4-7H2,(H,25,26). The summed E-state index contributed by atoms with van der Waals surface area (Å²) < 4.78 is 40.7. The largest absolute Gasteiger partial charge is 0.476 e. The Balaban J connectivity index is 1.54. The molecule has 0 bridgehead atoms. The number of nitrogens with zero attached hydrogens (tertiary/aromatic N) is 2. The molecule has 0 aliphatic carbocycles. The molecule has 1 aliphatic rings. The van der Waals surface area contributed by atoms with E-state index in [4.69, 9.17) is 5.11 Å². The summed E-state index contributed by atoms with van der Waals surface area (Å²) in [6.45, 7) is 0.622. The molecule has 6 nitrogen and oxygen atoms in total. The maximum absolute atomic E-state index is 13.8. The van der Waals surface area contributed by atoms with Crippen LogP contribution in [0.3, 0.4) is 0 Å². The average Bonchev–Trinajstić information content (AvgIpc) is 3.27. The van der Waals surface area contributed by atoms with E-state index < -0.39 is 23.4 Å². The molecule has 1 aliphatic heterocycles. The van der Waals surface area contributed by atoms with Crippen LogP contribution in [-0.4, -0.2) is 51.8 Å². The zero-order valence-electron chi connectivity index (χ0n) is 14.5. The Morgan fingerprint density at radius 1 is 1.36 bits per heavy atom. The highest BCUT2D eigenvalue weighted by Gasteiger charge is 2.30. The molecule has 2 aromatic rings. The summed E-state index contributed by atoms with van der Waals surface area (Å²) in [7, 11) is 0. The number of hydrogen-bond acceptors (Lipinski definition) is 6. The van der Waals surface area contributed by atoms with Crippen molar-refractivity contribution in [1.29, 1.82) is 0 Å². The minimum atomic E-state index is -1.54. The van der Waals surface area contributed by atoms with Crippen molar-refractivity contribution in [2.75, 3.05) is 24.2 Å². The Kier molecular flexibility index (Phi) is 6.45. The molecule has 11 heteroatoms. The highest BCUT2D eigenvalue weighted by Crippen LogP contribution is 2.26. The van der Waals surface area contributed by atoms with Crippen LogP contribution in [0.15, 0.2) is 21.9 Å². The molecule has 1 saturated heterocycles. The minimum Gasteiger partial charge on any atom is -0.476 e. The molecule has 0 spiro atoms. The van der Waals surface area contributed by atoms with E-state index in [1.807, 2.05) is 0 Å². The summed E-state index contributed by atoms with van der Waals surface area (Å²) in [5.74, 6) is -4.69. The number of rotatable bonds is 8. The van der Waals surface area contributed by atoms with Crippen LogP contribution < -0.4 is 5.32 Å². The van der Waals surface area contributed by atoms with Gasteiger partial charge in [-0.15, -0.1) is 11.3 Å². The molecule has 2 heterocycles. The number of thioether (sulfide) groups is 1. The molecule has 1 aromatic heterocycles. The van der Waals surface area contributed by atoms with Crippen LogP contribution in [0, 0.1) is 17.5 Å². The van der Waals surface area contributed by atoms with Crippen molar-refractivity contribution in [3.8, 4) is 0 Å². The van der Waals surface area contributed by atoms with Gasteiger partial charge in [0.05, 0.1) is 5.69 Å². The van der Waals surface area contributed by atoms with Crippen molar-refractivity contribution in [2.45, 2.75) is 23.2 Å². The number of amides is 1. The number of carbonyl (C=O) groups is 2. The molecule has 1 aromatic carbocycles. The van der Waals surface area contributed by atoms with Gasteiger partial charge in [-0.2, -0.15) is 0 Å². The van der Waals surface area contributed by atoms with Gasteiger partial charge in [-0.3, -0.25) is 4.79 Å². The van der Waals surface area contributed by atoms with Crippen molar-refractivity contribution in [3.63, 3.8) is 0 Å². The van der Waals surface area contributed by atoms with E-state index in [9.17, 15) is 22.8 Å². The van der Waals surface area contributed by atoms with Gasteiger partial charge in [0.25, 0.3) is 0 Å². The smallest absolute Gasteiger partial charge is 0.355 e. The molecular formula is C17H16F3N3O3S2. The van der Waals surface area contributed by atoms with Crippen LogP contribution in [0.5, 0.6) is 0 Å². The number of carboxylic acid groups (broad SMARTS) is 1. The lowest BCUT2D eigenvalue weighted by Gasteiger charge is -2.25. The van der Waals surface area contributed by atoms with Crippen LogP contribution in [0.4, 0.5) is 18.9 Å². The molecule has 1 atom stereocenters. The number of carboxylic acids is 1. The molecule has 1 fully saturated rings. The maximum Gasteiger partial charge on any atom is 0.355 e. The van der Waals surface area contributed by atoms with Gasteiger partial charge >= 0.3 is 5.97 Å². The van der Waals surface area contributed by atoms with Gasteiger partial charge in [-0.05, 0) is 18.6 Å². The monoisotopic (exact) mass is 431 g/mol. The number of aromatic carboxylic acids is 1. The Hall–Kier alpha value is -2.27. The van der Waals surface area contributed by atoms with Crippen LogP contribution in [0.2, 0.25) is 0 Å². The van der Waals surface area contributed by atoms with Gasteiger partial charge in [0.1, 0.15) is 0 Å². The zero-order valence-corrected chi connectivity index (χ0v) is 16.1. The van der Waals surface area contributed by atoms with E-state index in [1.165, 1.54) is 28.5 Å². The molecule has 150 valence electrons. The summed E-state index contributed by atoms with van der Waals surface area (Å²) >= 11 is 2.57. The Bertz CT molecular complexity index is 894. The van der Waals surface area contributed by atoms with Crippen molar-refractivity contribution >= 4 is 40.7 Å². The molecule has 3 rings (SSSR count). The summed E-state index contributed by atoms with van der Waals surface area (Å²) in [6, 6.07) is 1.76. The lowest BCUT2D eigenvalue weighted by atomic mass is 10.2. The molecule has 1 unspecified atom stereocenters. The molecule has 28 heavy (non-hydrogen) atoms. The second-order valence-corrected chi connectivity index (χ2v) is 8.24. The molecule has 2 N–H and O–H groups in total. The van der Waals surface area contributed by atoms with E-state index in [2.05, 4.69) is 10.3 Å². The number of halogens is 3. The number of benzene rings is 1. The molecule has 1 amide bonds. The third kappa shape index (κ3) is 4.58. The third-order valence-electron chi connectivity index (χ3n) is 4.28. The summed E-state index contributed by atoms with van der Waals surface area (Å²) in [4.78, 5) is 28.6. The Morgan fingerprint density at radius 3 is 2.86 bits per heavy atom. The number of aromatic nitrogens is 1. The molecular weight excluding hydrogens is 415 g/mol. The number of likely N-dealkylation sites (tertiary alicyclic amines) is 1. The fourth-order valence-electron chi connectivity index (χ4n) is 2.86. The van der Waals surface area contributed by atoms with Gasteiger partial charge in [-0.1, -0.05) is 11.8 Å². The first kappa shape index (κ1) is 20.5. The predicted octanol–water partition coefficient (Wildman–Crippen LogP) is 3.45. The predicted molar refractivity (Wildman–Crippen MR) is 99.3 cm³/mol. The number of thiazole rings is 1. The summed E-state index contributed by atoms with van der Waals surface area (Å²) in [6.07, 6.45) is 0.930. The van der Waals surface area contributed by atoms with Crippen molar-refractivity contribution < 1.29 is 27.9 Å². The normalized spacial score (nSPS) is 16.6. The first-order valence-electron chi connectivity index (χ1n) is 8.35. The van der Waals surface area contributed by atoms with Gasteiger partial charge in [0.15, 0.2) is 27.5 Å². The summed E-state index contributed by atoms with van der Waals surface area (Å²) in [5.41, 5.74) is -0.169. The number of hydrogen-bond donors (Lipinski definition) is 2. The number of anilines is 1. The SMILES string of the molecule is O=C(O)c1csc(SCCN2C(=O)CCC2CNc2ccc(F)c(F)c2F)n1. The van der Waals surface area contributed by atoms with Crippen LogP contribution in [0.1, 0.15) is 23.3 Å². The number of nitrogens with one attached hydrogen (secondary N) is 1. The second-order valence-electron chi connectivity index (χ2n) is 6.04. The van der Waals surface area contributed by atoms with E-state index >= 15 is 0 Å². The highest BCUT2D eigenvalue weighted by molar-refractivity contribution is 8.01. The van der Waals surface area contributed by atoms with Gasteiger partial charge < -0.3 is 15.3 Å². The lowest BCUT2D eigenvalue weighted by Crippen LogP contribution is -2.39. The zero-order chi connectivity index (χ0) is 20.3. The third-order valence-corrected chi connectivity index (χ3v) is 6.28.